The highest BCUT2D eigenvalue weighted by molar-refractivity contribution is 7.98. The summed E-state index contributed by atoms with van der Waals surface area (Å²) in [5, 5.41) is 20.9. The first-order valence-electron chi connectivity index (χ1n) is 25.8. The van der Waals surface area contributed by atoms with Gasteiger partial charge in [-0.25, -0.2) is 0 Å². The van der Waals surface area contributed by atoms with E-state index in [1.54, 1.807) is 12.1 Å². The van der Waals surface area contributed by atoms with Crippen molar-refractivity contribution in [1.82, 2.24) is 21.3 Å². The average Bonchev–Trinajstić information content (AvgIpc) is 3.31. The van der Waals surface area contributed by atoms with Gasteiger partial charge >= 0.3 is 0 Å². The highest BCUT2D eigenvalue weighted by Gasteiger charge is 2.32. The topological polar surface area (TPSA) is 283 Å². The molecule has 0 fully saturated rings. The van der Waals surface area contributed by atoms with E-state index in [2.05, 4.69) is 28.2 Å². The summed E-state index contributed by atoms with van der Waals surface area (Å²) in [5.74, 6) is -5.17. The first-order chi connectivity index (χ1) is 33.1. The van der Waals surface area contributed by atoms with E-state index in [0.29, 0.717) is 69.4 Å². The molecule has 16 nitrogen and oxygen atoms in total. The number of primary amides is 1. The molecule has 0 aromatic heterocycles. The van der Waals surface area contributed by atoms with Gasteiger partial charge in [-0.1, -0.05) is 103 Å². The van der Waals surface area contributed by atoms with Crippen LogP contribution in [0.25, 0.3) is 0 Å². The minimum atomic E-state index is -1.25. The lowest BCUT2D eigenvalue weighted by Crippen LogP contribution is -2.49. The molecule has 5 atom stereocenters. The summed E-state index contributed by atoms with van der Waals surface area (Å²) in [4.78, 5) is 106. The SMILES string of the molecule is CCCCCCCCCCCCCCCC(=O)N[C@@H](CCSC)C(=O)NCC(=O)C[C@@H](Cc1ccc(O)cc1)C(=O)N[C@@H](CCC(N)=O)C(=O)C[C@@H](CCCCN)C(=O)N[C@@H](CCCCN)C(C)=O. The Morgan fingerprint density at radius 2 is 1.14 bits per heavy atom. The van der Waals surface area contributed by atoms with Gasteiger partial charge in [0.15, 0.2) is 17.3 Å². The average molecular weight is 988 g/mol. The Bertz CT molecular complexity index is 1660. The molecular weight excluding hydrogens is 899 g/mol. The number of aromatic hydroxyl groups is 1. The molecule has 0 radical (unpaired) electrons. The minimum Gasteiger partial charge on any atom is -0.508 e. The maximum Gasteiger partial charge on any atom is 0.242 e. The van der Waals surface area contributed by atoms with Crippen LogP contribution in [-0.2, 0) is 44.8 Å². The fraction of sp³-hybridized carbons (Fsp3) is 0.731. The Balaban J connectivity index is 3.04. The zero-order chi connectivity index (χ0) is 51.2. The van der Waals surface area contributed by atoms with E-state index in [0.717, 1.165) is 25.7 Å². The van der Waals surface area contributed by atoms with Gasteiger partial charge in [0.1, 0.15) is 11.8 Å². The van der Waals surface area contributed by atoms with Crippen molar-refractivity contribution in [2.45, 2.75) is 199 Å². The Labute approximate surface area is 417 Å². The molecule has 69 heavy (non-hydrogen) atoms. The van der Waals surface area contributed by atoms with Crippen LogP contribution in [0.4, 0.5) is 0 Å². The number of carbonyl (C=O) groups is 8. The molecule has 0 heterocycles. The van der Waals surface area contributed by atoms with Crippen LogP contribution in [0.5, 0.6) is 5.75 Å². The number of phenols is 1. The number of carbonyl (C=O) groups excluding carboxylic acids is 8. The third-order valence-corrected chi connectivity index (χ3v) is 13.1. The smallest absolute Gasteiger partial charge is 0.242 e. The number of hydrogen-bond acceptors (Lipinski definition) is 12. The summed E-state index contributed by atoms with van der Waals surface area (Å²) < 4.78 is 0. The predicted octanol–water partition coefficient (Wildman–Crippen LogP) is 6.00. The van der Waals surface area contributed by atoms with Crippen LogP contribution in [0.3, 0.4) is 0 Å². The molecule has 5 amide bonds. The first kappa shape index (κ1) is 62.7. The summed E-state index contributed by atoms with van der Waals surface area (Å²) in [7, 11) is 0. The van der Waals surface area contributed by atoms with Crippen molar-refractivity contribution in [3.63, 3.8) is 0 Å². The fourth-order valence-electron chi connectivity index (χ4n) is 8.20. The van der Waals surface area contributed by atoms with Crippen molar-refractivity contribution in [2.24, 2.45) is 29.0 Å². The zero-order valence-corrected chi connectivity index (χ0v) is 43.1. The van der Waals surface area contributed by atoms with Gasteiger partial charge in [-0.2, -0.15) is 11.8 Å². The van der Waals surface area contributed by atoms with Crippen molar-refractivity contribution in [3.8, 4) is 5.75 Å². The first-order valence-corrected chi connectivity index (χ1v) is 27.2. The van der Waals surface area contributed by atoms with E-state index in [1.807, 2.05) is 6.26 Å². The van der Waals surface area contributed by atoms with E-state index in [1.165, 1.54) is 88.6 Å². The molecule has 1 rings (SSSR count). The van der Waals surface area contributed by atoms with Gasteiger partial charge in [-0.15, -0.1) is 0 Å². The Kier molecular flexibility index (Phi) is 35.8. The van der Waals surface area contributed by atoms with E-state index >= 15 is 0 Å². The van der Waals surface area contributed by atoms with E-state index in [-0.39, 0.29) is 56.0 Å². The van der Waals surface area contributed by atoms with Gasteiger partial charge in [-0.3, -0.25) is 38.4 Å². The van der Waals surface area contributed by atoms with Gasteiger partial charge in [0, 0.05) is 37.5 Å². The lowest BCUT2D eigenvalue weighted by molar-refractivity contribution is -0.135. The number of benzene rings is 1. The second-order valence-corrected chi connectivity index (χ2v) is 19.6. The van der Waals surface area contributed by atoms with E-state index < -0.39 is 71.7 Å². The van der Waals surface area contributed by atoms with E-state index in [4.69, 9.17) is 17.2 Å². The minimum absolute atomic E-state index is 0.00153. The molecule has 0 unspecified atom stereocenters. The van der Waals surface area contributed by atoms with Crippen LogP contribution in [-0.4, -0.2) is 102 Å². The van der Waals surface area contributed by atoms with Gasteiger partial charge in [-0.05, 0) is 108 Å². The quantitative estimate of drug-likeness (QED) is 0.0350. The van der Waals surface area contributed by atoms with Gasteiger partial charge in [0.2, 0.25) is 29.5 Å². The summed E-state index contributed by atoms with van der Waals surface area (Å²) in [5.41, 5.74) is 17.4. The van der Waals surface area contributed by atoms with Gasteiger partial charge < -0.3 is 43.6 Å². The van der Waals surface area contributed by atoms with Crippen molar-refractivity contribution < 1.29 is 43.5 Å². The number of thioether (sulfide) groups is 1. The van der Waals surface area contributed by atoms with Gasteiger partial charge in [0.25, 0.3) is 0 Å². The lowest BCUT2D eigenvalue weighted by atomic mass is 9.89. The molecule has 17 heteroatoms. The molecule has 0 saturated carbocycles. The van der Waals surface area contributed by atoms with Crippen LogP contribution in [0.2, 0.25) is 0 Å². The normalized spacial score (nSPS) is 13.3. The number of hydrogen-bond donors (Lipinski definition) is 8. The van der Waals surface area contributed by atoms with Gasteiger partial charge in [0.05, 0.1) is 18.6 Å². The summed E-state index contributed by atoms with van der Waals surface area (Å²) in [6.45, 7) is 4.01. The Hall–Kier alpha value is -4.35. The number of phenolic OH excluding ortho intramolecular Hbond substituents is 1. The number of nitrogens with one attached hydrogen (secondary N) is 4. The molecule has 0 bridgehead atoms. The van der Waals surface area contributed by atoms with Crippen molar-refractivity contribution in [3.05, 3.63) is 29.8 Å². The molecule has 0 aliphatic heterocycles. The molecular formula is C52H89N7O9S. The molecule has 0 aliphatic rings. The number of rotatable bonds is 44. The monoisotopic (exact) mass is 988 g/mol. The number of unbranched alkanes of at least 4 members (excludes halogenated alkanes) is 14. The number of nitrogens with two attached hydrogens (primary N) is 3. The predicted molar refractivity (Wildman–Crippen MR) is 275 cm³/mol. The van der Waals surface area contributed by atoms with Crippen LogP contribution < -0.4 is 38.5 Å². The van der Waals surface area contributed by atoms with Crippen LogP contribution >= 0.6 is 11.8 Å². The fourth-order valence-corrected chi connectivity index (χ4v) is 8.67. The molecule has 11 N–H and O–H groups in total. The van der Waals surface area contributed by atoms with Crippen molar-refractivity contribution in [1.29, 1.82) is 0 Å². The second-order valence-electron chi connectivity index (χ2n) is 18.6. The molecule has 0 spiro atoms. The molecule has 1 aromatic carbocycles. The third-order valence-electron chi connectivity index (χ3n) is 12.5. The molecule has 0 aliphatic carbocycles. The largest absolute Gasteiger partial charge is 0.508 e. The summed E-state index contributed by atoms with van der Waals surface area (Å²) in [6, 6.07) is 3.23. The maximum absolute atomic E-state index is 14.1. The summed E-state index contributed by atoms with van der Waals surface area (Å²) in [6.07, 6.45) is 20.1. The van der Waals surface area contributed by atoms with Crippen molar-refractivity contribution in [2.75, 3.05) is 31.6 Å². The number of amides is 5. The Morgan fingerprint density at radius 1 is 0.594 bits per heavy atom. The van der Waals surface area contributed by atoms with Crippen LogP contribution in [0, 0.1) is 11.8 Å². The molecule has 0 saturated heterocycles. The zero-order valence-electron chi connectivity index (χ0n) is 42.3. The third kappa shape index (κ3) is 30.8. The number of Topliss-reactive ketones (excluding diaryl/α,β-unsaturated/α-hetero) is 3. The summed E-state index contributed by atoms with van der Waals surface area (Å²) >= 11 is 1.53. The lowest BCUT2D eigenvalue weighted by Gasteiger charge is -2.25. The van der Waals surface area contributed by atoms with E-state index in [9.17, 15) is 43.5 Å². The molecule has 392 valence electrons. The van der Waals surface area contributed by atoms with Crippen LogP contribution in [0.15, 0.2) is 24.3 Å². The highest BCUT2D eigenvalue weighted by Crippen LogP contribution is 2.21. The molecule has 1 aromatic rings. The Morgan fingerprint density at radius 3 is 1.70 bits per heavy atom. The highest BCUT2D eigenvalue weighted by atomic mass is 32.2. The standard InChI is InChI=1S/C52H89N7O9S/c1-4-5-6-7-8-9-10-11-12-13-14-15-16-23-49(65)57-46(30-33-69-3)52(68)56-37-43(62)35-41(34-39-24-26-42(61)27-25-39)51(67)59-45(28-29-48(55)64)47(63)36-40(21-17-19-31-53)50(66)58-44(38(2)60)22-18-20-32-54/h24-27,40-41,44-46,61H,4-23,28-37,53-54H2,1-3H3,(H2,55,64)(H,56,68)(H,57,65)(H,58,66)(H,59,67)/t40-,41-,44+,45+,46+/m1/s1. The van der Waals surface area contributed by atoms with Crippen LogP contribution in [0.1, 0.15) is 180 Å². The van der Waals surface area contributed by atoms with Crippen molar-refractivity contribution >= 4 is 58.6 Å². The maximum atomic E-state index is 14.1. The number of ketones is 3. The second kappa shape index (κ2) is 39.4.